The van der Waals surface area contributed by atoms with Crippen molar-refractivity contribution in [2.24, 2.45) is 11.3 Å². The molecule has 0 radical (unpaired) electrons. The molecule has 0 spiro atoms. The Kier molecular flexibility index (Phi) is 4.42. The maximum atomic E-state index is 9.51. The van der Waals surface area contributed by atoms with Crippen molar-refractivity contribution in [3.63, 3.8) is 0 Å². The van der Waals surface area contributed by atoms with Crippen molar-refractivity contribution in [3.05, 3.63) is 0 Å². The molecule has 4 heteroatoms. The van der Waals surface area contributed by atoms with Crippen LogP contribution >= 0.6 is 0 Å². The van der Waals surface area contributed by atoms with E-state index in [1.54, 1.807) is 0 Å². The summed E-state index contributed by atoms with van der Waals surface area (Å²) in [6.45, 7) is 9.14. The van der Waals surface area contributed by atoms with Crippen LogP contribution in [0.3, 0.4) is 0 Å². The van der Waals surface area contributed by atoms with Gasteiger partial charge < -0.3 is 19.6 Å². The predicted octanol–water partition coefficient (Wildman–Crippen LogP) is 0.803. The quantitative estimate of drug-likeness (QED) is 0.800. The van der Waals surface area contributed by atoms with Gasteiger partial charge in [0.15, 0.2) is 0 Å². The lowest BCUT2D eigenvalue weighted by Gasteiger charge is -2.42. The van der Waals surface area contributed by atoms with Crippen molar-refractivity contribution in [2.45, 2.75) is 25.7 Å². The number of nitrogens with zero attached hydrogens (tertiary/aromatic N) is 2. The Labute approximate surface area is 116 Å². The number of piperidine rings is 1. The highest BCUT2D eigenvalue weighted by molar-refractivity contribution is 4.90. The fourth-order valence-corrected chi connectivity index (χ4v) is 3.81. The molecule has 3 fully saturated rings. The zero-order valence-corrected chi connectivity index (χ0v) is 12.0. The number of likely N-dealkylation sites (tertiary alicyclic amines) is 2. The molecule has 3 saturated heterocycles. The summed E-state index contributed by atoms with van der Waals surface area (Å²) in [6, 6.07) is 0. The van der Waals surface area contributed by atoms with E-state index in [2.05, 4.69) is 9.80 Å². The molecule has 4 nitrogen and oxygen atoms in total. The molecule has 3 rings (SSSR count). The Bertz CT molecular complexity index is 282. The molecular formula is C15H28N2O2. The van der Waals surface area contributed by atoms with Crippen molar-refractivity contribution >= 4 is 0 Å². The van der Waals surface area contributed by atoms with Gasteiger partial charge in [-0.1, -0.05) is 6.42 Å². The summed E-state index contributed by atoms with van der Waals surface area (Å²) in [4.78, 5) is 5.21. The van der Waals surface area contributed by atoms with Gasteiger partial charge in [0, 0.05) is 19.6 Å². The highest BCUT2D eigenvalue weighted by Gasteiger charge is 2.41. The van der Waals surface area contributed by atoms with Gasteiger partial charge >= 0.3 is 0 Å². The van der Waals surface area contributed by atoms with E-state index in [1.165, 1.54) is 58.4 Å². The second-order valence-electron chi connectivity index (χ2n) is 6.90. The summed E-state index contributed by atoms with van der Waals surface area (Å²) in [5.41, 5.74) is 0.0556. The number of aliphatic hydroxyl groups excluding tert-OH is 1. The van der Waals surface area contributed by atoms with Crippen molar-refractivity contribution in [1.29, 1.82) is 0 Å². The molecule has 0 aromatic rings. The standard InChI is InChI=1S/C15H28N2O2/c18-11-15(12-19-13-15)10-17-7-4-14(9-17)8-16-5-2-1-3-6-16/h14,18H,1-13H2. The summed E-state index contributed by atoms with van der Waals surface area (Å²) in [5.74, 6) is 0.842. The van der Waals surface area contributed by atoms with Crippen molar-refractivity contribution in [1.82, 2.24) is 9.80 Å². The molecular weight excluding hydrogens is 240 g/mol. The number of hydrogen-bond acceptors (Lipinski definition) is 4. The normalized spacial score (nSPS) is 32.4. The first-order valence-electron chi connectivity index (χ1n) is 7.93. The molecule has 3 heterocycles. The third kappa shape index (κ3) is 3.30. The van der Waals surface area contributed by atoms with Crippen LogP contribution in [-0.2, 0) is 4.74 Å². The third-order valence-electron chi connectivity index (χ3n) is 5.05. The van der Waals surface area contributed by atoms with Gasteiger partial charge in [0.2, 0.25) is 0 Å². The van der Waals surface area contributed by atoms with Crippen LogP contribution in [0.2, 0.25) is 0 Å². The maximum Gasteiger partial charge on any atom is 0.0579 e. The molecule has 110 valence electrons. The van der Waals surface area contributed by atoms with Crippen LogP contribution in [0.15, 0.2) is 0 Å². The minimum absolute atomic E-state index is 0.0556. The predicted molar refractivity (Wildman–Crippen MR) is 75.2 cm³/mol. The molecule has 0 saturated carbocycles. The molecule has 1 unspecified atom stereocenters. The van der Waals surface area contributed by atoms with Crippen molar-refractivity contribution < 1.29 is 9.84 Å². The topological polar surface area (TPSA) is 35.9 Å². The highest BCUT2D eigenvalue weighted by Crippen LogP contribution is 2.30. The van der Waals surface area contributed by atoms with Crippen LogP contribution in [0.25, 0.3) is 0 Å². The van der Waals surface area contributed by atoms with Gasteiger partial charge in [0.05, 0.1) is 25.2 Å². The van der Waals surface area contributed by atoms with Gasteiger partial charge in [-0.2, -0.15) is 0 Å². The minimum atomic E-state index is 0.0556. The largest absolute Gasteiger partial charge is 0.396 e. The SMILES string of the molecule is OCC1(CN2CCC(CN3CCCCC3)C2)COC1. The first-order valence-corrected chi connectivity index (χ1v) is 7.93. The Balaban J connectivity index is 1.42. The van der Waals surface area contributed by atoms with Crippen molar-refractivity contribution in [2.75, 3.05) is 59.1 Å². The molecule has 0 aliphatic carbocycles. The Morgan fingerprint density at radius 3 is 2.47 bits per heavy atom. The first-order chi connectivity index (χ1) is 9.30. The van der Waals surface area contributed by atoms with Gasteiger partial charge in [-0.05, 0) is 44.8 Å². The maximum absolute atomic E-state index is 9.51. The fourth-order valence-electron chi connectivity index (χ4n) is 3.81. The molecule has 0 aromatic heterocycles. The van der Waals surface area contributed by atoms with E-state index < -0.39 is 0 Å². The fraction of sp³-hybridized carbons (Fsp3) is 1.00. The Morgan fingerprint density at radius 2 is 1.84 bits per heavy atom. The summed E-state index contributed by atoms with van der Waals surface area (Å²) in [6.07, 6.45) is 5.54. The minimum Gasteiger partial charge on any atom is -0.396 e. The van der Waals surface area contributed by atoms with E-state index in [0.717, 1.165) is 25.7 Å². The van der Waals surface area contributed by atoms with Crippen LogP contribution in [-0.4, -0.2) is 74.0 Å². The number of hydrogen-bond donors (Lipinski definition) is 1. The van der Waals surface area contributed by atoms with E-state index in [1.807, 2.05) is 0 Å². The molecule has 3 aliphatic heterocycles. The number of ether oxygens (including phenoxy) is 1. The number of rotatable bonds is 5. The summed E-state index contributed by atoms with van der Waals surface area (Å²) in [5, 5.41) is 9.51. The lowest BCUT2D eigenvalue weighted by atomic mass is 9.86. The van der Waals surface area contributed by atoms with Crippen LogP contribution in [0.1, 0.15) is 25.7 Å². The average Bonchev–Trinajstić information content (AvgIpc) is 2.82. The second-order valence-corrected chi connectivity index (χ2v) is 6.90. The summed E-state index contributed by atoms with van der Waals surface area (Å²) in [7, 11) is 0. The molecule has 0 amide bonds. The van der Waals surface area contributed by atoms with Crippen LogP contribution < -0.4 is 0 Å². The zero-order chi connectivity index (χ0) is 13.1. The van der Waals surface area contributed by atoms with Gasteiger partial charge in [-0.3, -0.25) is 0 Å². The Morgan fingerprint density at radius 1 is 1.05 bits per heavy atom. The monoisotopic (exact) mass is 268 g/mol. The zero-order valence-electron chi connectivity index (χ0n) is 12.0. The average molecular weight is 268 g/mol. The highest BCUT2D eigenvalue weighted by atomic mass is 16.5. The van der Waals surface area contributed by atoms with Crippen LogP contribution in [0.4, 0.5) is 0 Å². The van der Waals surface area contributed by atoms with E-state index in [4.69, 9.17) is 4.74 Å². The molecule has 19 heavy (non-hydrogen) atoms. The smallest absolute Gasteiger partial charge is 0.0579 e. The van der Waals surface area contributed by atoms with E-state index in [9.17, 15) is 5.11 Å². The number of aliphatic hydroxyl groups is 1. The van der Waals surface area contributed by atoms with Crippen molar-refractivity contribution in [3.8, 4) is 0 Å². The summed E-state index contributed by atoms with van der Waals surface area (Å²) >= 11 is 0. The van der Waals surface area contributed by atoms with E-state index >= 15 is 0 Å². The van der Waals surface area contributed by atoms with Gasteiger partial charge in [-0.25, -0.2) is 0 Å². The lowest BCUT2D eigenvalue weighted by Crippen LogP contribution is -2.53. The van der Waals surface area contributed by atoms with E-state index in [-0.39, 0.29) is 12.0 Å². The third-order valence-corrected chi connectivity index (χ3v) is 5.05. The molecule has 3 aliphatic rings. The van der Waals surface area contributed by atoms with Gasteiger partial charge in [0.25, 0.3) is 0 Å². The van der Waals surface area contributed by atoms with Gasteiger partial charge in [-0.15, -0.1) is 0 Å². The van der Waals surface area contributed by atoms with Crippen LogP contribution in [0.5, 0.6) is 0 Å². The molecule has 0 aromatic carbocycles. The van der Waals surface area contributed by atoms with Crippen LogP contribution in [0, 0.1) is 11.3 Å². The van der Waals surface area contributed by atoms with E-state index in [0.29, 0.717) is 0 Å². The summed E-state index contributed by atoms with van der Waals surface area (Å²) < 4.78 is 5.29. The first kappa shape index (κ1) is 13.8. The Hall–Kier alpha value is -0.160. The van der Waals surface area contributed by atoms with Gasteiger partial charge in [0.1, 0.15) is 0 Å². The molecule has 1 atom stereocenters. The molecule has 0 bridgehead atoms. The molecule has 1 N–H and O–H groups in total. The lowest BCUT2D eigenvalue weighted by molar-refractivity contribution is -0.146. The second kappa shape index (κ2) is 6.08.